The Balaban J connectivity index is 1.77. The lowest BCUT2D eigenvalue weighted by atomic mass is 10.0. The number of nitrogens with two attached hydrogens (primary N) is 1. The number of ether oxygens (including phenoxy) is 1. The van der Waals surface area contributed by atoms with E-state index in [1.54, 1.807) is 0 Å². The summed E-state index contributed by atoms with van der Waals surface area (Å²) in [4.78, 5) is 11.2. The zero-order valence-corrected chi connectivity index (χ0v) is 9.24. The maximum Gasteiger partial charge on any atom is 0.407 e. The summed E-state index contributed by atoms with van der Waals surface area (Å²) in [7, 11) is 0. The monoisotopic (exact) mass is 212 g/mol. The first-order chi connectivity index (χ1) is 7.19. The van der Waals surface area contributed by atoms with Crippen molar-refractivity contribution in [3.05, 3.63) is 0 Å². The Labute approximate surface area is 90.5 Å². The molecular weight excluding hydrogens is 192 g/mol. The smallest absolute Gasteiger partial charge is 0.407 e. The fourth-order valence-electron chi connectivity index (χ4n) is 3.12. The van der Waals surface area contributed by atoms with Crippen molar-refractivity contribution in [2.75, 3.05) is 6.61 Å². The second kappa shape index (κ2) is 4.39. The summed E-state index contributed by atoms with van der Waals surface area (Å²) in [6.45, 7) is 2.26. The Hall–Kier alpha value is -0.770. The molecule has 1 amide bonds. The molecule has 0 aromatic heterocycles. The van der Waals surface area contributed by atoms with Gasteiger partial charge in [0.1, 0.15) is 0 Å². The quantitative estimate of drug-likeness (QED) is 0.724. The van der Waals surface area contributed by atoms with Gasteiger partial charge < -0.3 is 15.8 Å². The van der Waals surface area contributed by atoms with E-state index in [-0.39, 0.29) is 6.09 Å². The highest BCUT2D eigenvalue weighted by molar-refractivity contribution is 5.67. The van der Waals surface area contributed by atoms with Crippen molar-refractivity contribution in [3.63, 3.8) is 0 Å². The molecule has 86 valence electrons. The standard InChI is InChI=1S/C11H20N2O2/c1-2-15-11(14)13-10-5-7-3-9(12)4-8(7)6-10/h7-10H,2-6,12H2,1H3,(H,13,14). The van der Waals surface area contributed by atoms with Crippen LogP contribution in [0.25, 0.3) is 0 Å². The number of hydrogen-bond acceptors (Lipinski definition) is 3. The molecule has 0 aromatic rings. The molecule has 2 atom stereocenters. The highest BCUT2D eigenvalue weighted by Gasteiger charge is 2.40. The third-order valence-electron chi connectivity index (χ3n) is 3.65. The maximum atomic E-state index is 11.2. The maximum absolute atomic E-state index is 11.2. The number of carbonyl (C=O) groups excluding carboxylic acids is 1. The van der Waals surface area contributed by atoms with Gasteiger partial charge in [-0.2, -0.15) is 0 Å². The predicted molar refractivity (Wildman–Crippen MR) is 57.4 cm³/mol. The van der Waals surface area contributed by atoms with Crippen LogP contribution >= 0.6 is 0 Å². The predicted octanol–water partition coefficient (Wildman–Crippen LogP) is 1.25. The average molecular weight is 212 g/mol. The number of alkyl carbamates (subject to hydrolysis) is 1. The Morgan fingerprint density at radius 3 is 2.47 bits per heavy atom. The molecule has 4 heteroatoms. The van der Waals surface area contributed by atoms with Crippen LogP contribution in [0.3, 0.4) is 0 Å². The minimum atomic E-state index is -0.272. The summed E-state index contributed by atoms with van der Waals surface area (Å²) in [5.41, 5.74) is 5.91. The Morgan fingerprint density at radius 1 is 1.33 bits per heavy atom. The van der Waals surface area contributed by atoms with Crippen LogP contribution in [-0.4, -0.2) is 24.8 Å². The third-order valence-corrected chi connectivity index (χ3v) is 3.65. The molecular formula is C11H20N2O2. The van der Waals surface area contributed by atoms with E-state index in [4.69, 9.17) is 10.5 Å². The van der Waals surface area contributed by atoms with Gasteiger partial charge >= 0.3 is 6.09 Å². The van der Waals surface area contributed by atoms with E-state index in [0.717, 1.165) is 37.5 Å². The molecule has 2 aliphatic carbocycles. The van der Waals surface area contributed by atoms with Gasteiger partial charge in [-0.1, -0.05) is 0 Å². The molecule has 3 N–H and O–H groups in total. The Morgan fingerprint density at radius 2 is 1.93 bits per heavy atom. The minimum absolute atomic E-state index is 0.272. The largest absolute Gasteiger partial charge is 0.450 e. The minimum Gasteiger partial charge on any atom is -0.450 e. The molecule has 15 heavy (non-hydrogen) atoms. The van der Waals surface area contributed by atoms with E-state index >= 15 is 0 Å². The van der Waals surface area contributed by atoms with Gasteiger partial charge in [0.25, 0.3) is 0 Å². The van der Waals surface area contributed by atoms with Gasteiger partial charge in [-0.05, 0) is 44.4 Å². The molecule has 0 aromatic carbocycles. The highest BCUT2D eigenvalue weighted by atomic mass is 16.5. The van der Waals surface area contributed by atoms with E-state index in [0.29, 0.717) is 18.7 Å². The molecule has 0 aliphatic heterocycles. The van der Waals surface area contributed by atoms with Crippen molar-refractivity contribution < 1.29 is 9.53 Å². The van der Waals surface area contributed by atoms with E-state index in [1.807, 2.05) is 6.92 Å². The van der Waals surface area contributed by atoms with Crippen molar-refractivity contribution in [1.82, 2.24) is 5.32 Å². The summed E-state index contributed by atoms with van der Waals surface area (Å²) in [5, 5.41) is 2.92. The van der Waals surface area contributed by atoms with Crippen molar-refractivity contribution in [1.29, 1.82) is 0 Å². The van der Waals surface area contributed by atoms with E-state index in [2.05, 4.69) is 5.32 Å². The van der Waals surface area contributed by atoms with Gasteiger partial charge in [-0.25, -0.2) is 4.79 Å². The van der Waals surface area contributed by atoms with Crippen LogP contribution in [0.1, 0.15) is 32.6 Å². The number of fused-ring (bicyclic) bond motifs is 1. The lowest BCUT2D eigenvalue weighted by Gasteiger charge is -2.14. The van der Waals surface area contributed by atoms with Crippen LogP contribution < -0.4 is 11.1 Å². The molecule has 0 heterocycles. The summed E-state index contributed by atoms with van der Waals surface area (Å²) in [6.07, 6.45) is 4.15. The molecule has 2 saturated carbocycles. The molecule has 2 aliphatic rings. The van der Waals surface area contributed by atoms with E-state index in [1.165, 1.54) is 0 Å². The van der Waals surface area contributed by atoms with Crippen LogP contribution in [-0.2, 0) is 4.74 Å². The molecule has 2 rings (SSSR count). The van der Waals surface area contributed by atoms with Gasteiger partial charge in [-0.3, -0.25) is 0 Å². The van der Waals surface area contributed by atoms with E-state index in [9.17, 15) is 4.79 Å². The van der Waals surface area contributed by atoms with Gasteiger partial charge in [0.15, 0.2) is 0 Å². The lowest BCUT2D eigenvalue weighted by molar-refractivity contribution is 0.147. The van der Waals surface area contributed by atoms with Crippen LogP contribution in [0, 0.1) is 11.8 Å². The summed E-state index contributed by atoms with van der Waals surface area (Å²) >= 11 is 0. The number of nitrogens with one attached hydrogen (secondary N) is 1. The lowest BCUT2D eigenvalue weighted by Crippen LogP contribution is -2.34. The number of amides is 1. The fraction of sp³-hybridized carbons (Fsp3) is 0.909. The van der Waals surface area contributed by atoms with Crippen molar-refractivity contribution in [2.24, 2.45) is 17.6 Å². The van der Waals surface area contributed by atoms with Crippen LogP contribution in [0.15, 0.2) is 0 Å². The first kappa shape index (κ1) is 10.7. The second-order valence-electron chi connectivity index (χ2n) is 4.78. The number of carbonyl (C=O) groups is 1. The zero-order chi connectivity index (χ0) is 10.8. The average Bonchev–Trinajstić information content (AvgIpc) is 2.60. The Kier molecular flexibility index (Phi) is 3.14. The molecule has 2 unspecified atom stereocenters. The van der Waals surface area contributed by atoms with Crippen LogP contribution in [0.4, 0.5) is 4.79 Å². The van der Waals surface area contributed by atoms with Crippen molar-refractivity contribution in [3.8, 4) is 0 Å². The van der Waals surface area contributed by atoms with Gasteiger partial charge in [0.05, 0.1) is 6.61 Å². The first-order valence-electron chi connectivity index (χ1n) is 5.88. The fourth-order valence-corrected chi connectivity index (χ4v) is 3.12. The molecule has 4 nitrogen and oxygen atoms in total. The number of hydrogen-bond donors (Lipinski definition) is 2. The topological polar surface area (TPSA) is 64.3 Å². The summed E-state index contributed by atoms with van der Waals surface area (Å²) < 4.78 is 4.87. The molecule has 0 radical (unpaired) electrons. The Bertz CT molecular complexity index is 231. The van der Waals surface area contributed by atoms with Crippen LogP contribution in [0.2, 0.25) is 0 Å². The number of rotatable bonds is 2. The second-order valence-corrected chi connectivity index (χ2v) is 4.78. The molecule has 0 saturated heterocycles. The van der Waals surface area contributed by atoms with Gasteiger partial charge in [0, 0.05) is 12.1 Å². The third kappa shape index (κ3) is 2.43. The van der Waals surface area contributed by atoms with Crippen molar-refractivity contribution >= 4 is 6.09 Å². The van der Waals surface area contributed by atoms with Crippen molar-refractivity contribution in [2.45, 2.75) is 44.7 Å². The molecule has 2 fully saturated rings. The zero-order valence-electron chi connectivity index (χ0n) is 9.24. The molecule has 0 spiro atoms. The molecule has 0 bridgehead atoms. The van der Waals surface area contributed by atoms with E-state index < -0.39 is 0 Å². The SMILES string of the molecule is CCOC(=O)NC1CC2CC(N)CC2C1. The first-order valence-corrected chi connectivity index (χ1v) is 5.88. The highest BCUT2D eigenvalue weighted by Crippen LogP contribution is 2.43. The van der Waals surface area contributed by atoms with Crippen LogP contribution in [0.5, 0.6) is 0 Å². The van der Waals surface area contributed by atoms with Gasteiger partial charge in [-0.15, -0.1) is 0 Å². The van der Waals surface area contributed by atoms with Gasteiger partial charge in [0.2, 0.25) is 0 Å². The summed E-state index contributed by atoms with van der Waals surface area (Å²) in [5.74, 6) is 1.46. The normalized spacial score (nSPS) is 38.8. The summed E-state index contributed by atoms with van der Waals surface area (Å²) in [6, 6.07) is 0.704.